The van der Waals surface area contributed by atoms with Crippen LogP contribution in [0.1, 0.15) is 30.8 Å². The fourth-order valence-electron chi connectivity index (χ4n) is 2.14. The zero-order valence-corrected chi connectivity index (χ0v) is 11.2. The minimum Gasteiger partial charge on any atom is -0.345 e. The molecule has 0 spiro atoms. The van der Waals surface area contributed by atoms with Gasteiger partial charge in [-0.25, -0.2) is 4.98 Å². The van der Waals surface area contributed by atoms with E-state index in [1.165, 1.54) is 0 Å². The monoisotopic (exact) mass is 244 g/mol. The minimum atomic E-state index is 0.430. The number of aromatic nitrogens is 3. The van der Waals surface area contributed by atoms with E-state index < -0.39 is 0 Å². The molecule has 0 aliphatic carbocycles. The van der Waals surface area contributed by atoms with E-state index in [-0.39, 0.29) is 0 Å². The second-order valence-electron chi connectivity index (χ2n) is 4.50. The van der Waals surface area contributed by atoms with Gasteiger partial charge in [0.25, 0.3) is 0 Å². The fourth-order valence-corrected chi connectivity index (χ4v) is 2.14. The molecule has 0 aromatic carbocycles. The quantitative estimate of drug-likeness (QED) is 0.849. The molecule has 18 heavy (non-hydrogen) atoms. The number of H-pyrrole nitrogens is 1. The van der Waals surface area contributed by atoms with E-state index in [0.29, 0.717) is 5.92 Å². The van der Waals surface area contributed by atoms with Crippen molar-refractivity contribution >= 4 is 0 Å². The minimum absolute atomic E-state index is 0.430. The van der Waals surface area contributed by atoms with Crippen LogP contribution >= 0.6 is 0 Å². The molecule has 4 nitrogen and oxygen atoms in total. The van der Waals surface area contributed by atoms with E-state index in [9.17, 15) is 0 Å². The number of rotatable bonds is 5. The molecule has 2 rings (SSSR count). The summed E-state index contributed by atoms with van der Waals surface area (Å²) in [7, 11) is 1.97. The van der Waals surface area contributed by atoms with Crippen molar-refractivity contribution in [3.05, 3.63) is 36.0 Å². The largest absolute Gasteiger partial charge is 0.345 e. The zero-order chi connectivity index (χ0) is 13.0. The van der Waals surface area contributed by atoms with E-state index in [4.69, 9.17) is 4.98 Å². The lowest BCUT2D eigenvalue weighted by atomic mass is 10.1. The van der Waals surface area contributed by atoms with E-state index >= 15 is 0 Å². The Morgan fingerprint density at radius 3 is 2.89 bits per heavy atom. The van der Waals surface area contributed by atoms with Crippen LogP contribution in [-0.2, 0) is 0 Å². The Balaban J connectivity index is 2.32. The van der Waals surface area contributed by atoms with Crippen molar-refractivity contribution in [3.8, 4) is 11.3 Å². The summed E-state index contributed by atoms with van der Waals surface area (Å²) in [6.07, 6.45) is 4.70. The number of aromatic amines is 1. The van der Waals surface area contributed by atoms with Crippen LogP contribution in [-0.4, -0.2) is 28.5 Å². The van der Waals surface area contributed by atoms with E-state index in [1.807, 2.05) is 25.4 Å². The Bertz CT molecular complexity index is 490. The molecular formula is C14H20N4. The number of hydrogen-bond donors (Lipinski definition) is 2. The SMILES string of the molecule is CCC(CNC)c1nc(-c2cccnc2)c(C)[nH]1. The normalized spacial score (nSPS) is 12.6. The Kier molecular flexibility index (Phi) is 4.10. The van der Waals surface area contributed by atoms with Crippen LogP contribution in [0.25, 0.3) is 11.3 Å². The van der Waals surface area contributed by atoms with Crippen LogP contribution in [0.3, 0.4) is 0 Å². The third-order valence-corrected chi connectivity index (χ3v) is 3.17. The molecule has 96 valence electrons. The number of pyridine rings is 1. The second-order valence-corrected chi connectivity index (χ2v) is 4.50. The Hall–Kier alpha value is -1.68. The molecule has 0 bridgehead atoms. The summed E-state index contributed by atoms with van der Waals surface area (Å²) in [5.74, 6) is 1.49. The molecule has 0 aliphatic heterocycles. The lowest BCUT2D eigenvalue weighted by molar-refractivity contribution is 0.585. The molecule has 1 atom stereocenters. The van der Waals surface area contributed by atoms with Gasteiger partial charge in [0.1, 0.15) is 5.82 Å². The summed E-state index contributed by atoms with van der Waals surface area (Å²) >= 11 is 0. The number of nitrogens with one attached hydrogen (secondary N) is 2. The molecule has 0 radical (unpaired) electrons. The van der Waals surface area contributed by atoms with Crippen molar-refractivity contribution in [1.82, 2.24) is 20.3 Å². The first kappa shape index (κ1) is 12.8. The molecule has 2 N–H and O–H groups in total. The lowest BCUT2D eigenvalue weighted by Gasteiger charge is -2.10. The van der Waals surface area contributed by atoms with Crippen LogP contribution in [0.15, 0.2) is 24.5 Å². The summed E-state index contributed by atoms with van der Waals surface area (Å²) in [5, 5.41) is 3.21. The van der Waals surface area contributed by atoms with Gasteiger partial charge < -0.3 is 10.3 Å². The molecule has 2 heterocycles. The maximum Gasteiger partial charge on any atom is 0.111 e. The molecule has 0 saturated heterocycles. The van der Waals surface area contributed by atoms with Crippen LogP contribution in [0, 0.1) is 6.92 Å². The highest BCUT2D eigenvalue weighted by atomic mass is 15.0. The van der Waals surface area contributed by atoms with Crippen molar-refractivity contribution in [1.29, 1.82) is 0 Å². The predicted octanol–water partition coefficient (Wildman–Crippen LogP) is 2.49. The highest BCUT2D eigenvalue weighted by molar-refractivity contribution is 5.60. The summed E-state index contributed by atoms with van der Waals surface area (Å²) < 4.78 is 0. The van der Waals surface area contributed by atoms with Crippen molar-refractivity contribution in [2.24, 2.45) is 0 Å². The first-order chi connectivity index (χ1) is 8.76. The molecule has 4 heteroatoms. The van der Waals surface area contributed by atoms with Gasteiger partial charge in [-0.15, -0.1) is 0 Å². The van der Waals surface area contributed by atoms with Gasteiger partial charge >= 0.3 is 0 Å². The molecule has 2 aromatic heterocycles. The number of aryl methyl sites for hydroxylation is 1. The van der Waals surface area contributed by atoms with Gasteiger partial charge in [0.15, 0.2) is 0 Å². The molecular weight excluding hydrogens is 224 g/mol. The first-order valence-corrected chi connectivity index (χ1v) is 6.37. The third kappa shape index (κ3) is 2.59. The Labute approximate surface area is 108 Å². The van der Waals surface area contributed by atoms with Gasteiger partial charge in [0.05, 0.1) is 5.69 Å². The third-order valence-electron chi connectivity index (χ3n) is 3.17. The molecule has 2 aromatic rings. The van der Waals surface area contributed by atoms with E-state index in [1.54, 1.807) is 6.20 Å². The topological polar surface area (TPSA) is 53.6 Å². The van der Waals surface area contributed by atoms with Gasteiger partial charge in [0, 0.05) is 36.1 Å². The van der Waals surface area contributed by atoms with Crippen molar-refractivity contribution in [2.75, 3.05) is 13.6 Å². The zero-order valence-electron chi connectivity index (χ0n) is 11.2. The average Bonchev–Trinajstić information content (AvgIpc) is 2.79. The number of imidazole rings is 1. The van der Waals surface area contributed by atoms with Gasteiger partial charge in [-0.05, 0) is 32.5 Å². The maximum atomic E-state index is 4.73. The van der Waals surface area contributed by atoms with Crippen LogP contribution < -0.4 is 5.32 Å². The molecule has 0 saturated carbocycles. The van der Waals surface area contributed by atoms with Crippen LogP contribution in [0.5, 0.6) is 0 Å². The van der Waals surface area contributed by atoms with Crippen LogP contribution in [0.2, 0.25) is 0 Å². The number of likely N-dealkylation sites (N-methyl/N-ethyl adjacent to an activating group) is 1. The molecule has 0 amide bonds. The van der Waals surface area contributed by atoms with Gasteiger partial charge in [-0.1, -0.05) is 6.92 Å². The Morgan fingerprint density at radius 1 is 1.44 bits per heavy atom. The smallest absolute Gasteiger partial charge is 0.111 e. The number of hydrogen-bond acceptors (Lipinski definition) is 3. The summed E-state index contributed by atoms with van der Waals surface area (Å²) in [6, 6.07) is 3.98. The standard InChI is InChI=1S/C14H20N4/c1-4-11(8-15-3)14-17-10(2)13(18-14)12-6-5-7-16-9-12/h5-7,9,11,15H,4,8H2,1-3H3,(H,17,18). The van der Waals surface area contributed by atoms with Gasteiger partial charge in [-0.3, -0.25) is 4.98 Å². The fraction of sp³-hybridized carbons (Fsp3) is 0.429. The molecule has 0 fully saturated rings. The lowest BCUT2D eigenvalue weighted by Crippen LogP contribution is -2.17. The highest BCUT2D eigenvalue weighted by Crippen LogP contribution is 2.24. The highest BCUT2D eigenvalue weighted by Gasteiger charge is 2.15. The predicted molar refractivity (Wildman–Crippen MR) is 73.5 cm³/mol. The molecule has 1 unspecified atom stereocenters. The first-order valence-electron chi connectivity index (χ1n) is 6.37. The van der Waals surface area contributed by atoms with E-state index in [2.05, 4.69) is 29.1 Å². The number of nitrogens with zero attached hydrogens (tertiary/aromatic N) is 2. The average molecular weight is 244 g/mol. The second kappa shape index (κ2) is 5.78. The van der Waals surface area contributed by atoms with Gasteiger partial charge in [-0.2, -0.15) is 0 Å². The van der Waals surface area contributed by atoms with Crippen molar-refractivity contribution in [3.63, 3.8) is 0 Å². The maximum absolute atomic E-state index is 4.73. The van der Waals surface area contributed by atoms with E-state index in [0.717, 1.165) is 35.7 Å². The van der Waals surface area contributed by atoms with Crippen molar-refractivity contribution < 1.29 is 0 Å². The van der Waals surface area contributed by atoms with Crippen LogP contribution in [0.4, 0.5) is 0 Å². The summed E-state index contributed by atoms with van der Waals surface area (Å²) in [4.78, 5) is 12.3. The molecule has 0 aliphatic rings. The van der Waals surface area contributed by atoms with Crippen molar-refractivity contribution in [2.45, 2.75) is 26.2 Å². The van der Waals surface area contributed by atoms with Gasteiger partial charge in [0.2, 0.25) is 0 Å². The Morgan fingerprint density at radius 2 is 2.28 bits per heavy atom. The summed E-state index contributed by atoms with van der Waals surface area (Å²) in [6.45, 7) is 5.18. The summed E-state index contributed by atoms with van der Waals surface area (Å²) in [5.41, 5.74) is 3.18.